The van der Waals surface area contributed by atoms with Crippen molar-refractivity contribution < 1.29 is 4.74 Å². The first-order chi connectivity index (χ1) is 13.3. The van der Waals surface area contributed by atoms with E-state index in [0.29, 0.717) is 11.3 Å². The maximum absolute atomic E-state index is 9.23. The lowest BCUT2D eigenvalue weighted by Crippen LogP contribution is -2.15. The number of ether oxygens (including phenoxy) is 1. The molecule has 0 atom stereocenters. The van der Waals surface area contributed by atoms with E-state index in [0.717, 1.165) is 10.8 Å². The average Bonchev–Trinajstić information content (AvgIpc) is 2.98. The topological polar surface area (TPSA) is 40.6 Å². The van der Waals surface area contributed by atoms with Crippen LogP contribution in [0.15, 0.2) is 87.4 Å². The number of hydrogen-bond donors (Lipinski definition) is 0. The van der Waals surface area contributed by atoms with Gasteiger partial charge in [-0.15, -0.1) is 0 Å². The van der Waals surface area contributed by atoms with Gasteiger partial charge in [-0.3, -0.25) is 0 Å². The van der Waals surface area contributed by atoms with Crippen LogP contribution in [0, 0.1) is 23.3 Å². The second kappa shape index (κ2) is 7.84. The van der Waals surface area contributed by atoms with E-state index in [1.54, 1.807) is 23.9 Å². The van der Waals surface area contributed by atoms with Crippen molar-refractivity contribution in [2.45, 2.75) is 25.7 Å². The molecule has 2 aliphatic heterocycles. The summed E-state index contributed by atoms with van der Waals surface area (Å²) < 4.78 is 6.01. The second-order valence-corrected chi connectivity index (χ2v) is 8.49. The largest absolute Gasteiger partial charge is 0.461 e. The summed E-state index contributed by atoms with van der Waals surface area (Å²) >= 11 is 1.72. The number of fused-ring (bicyclic) bond motifs is 1. The van der Waals surface area contributed by atoms with Crippen LogP contribution in [0.25, 0.3) is 4.85 Å². The van der Waals surface area contributed by atoms with Crippen molar-refractivity contribution in [3.63, 3.8) is 0 Å². The minimum absolute atomic E-state index is 0.0656. The van der Waals surface area contributed by atoms with Crippen LogP contribution in [0.4, 0.5) is 5.69 Å². The molecule has 4 nitrogen and oxygen atoms in total. The van der Waals surface area contributed by atoms with Gasteiger partial charge in [0.05, 0.1) is 23.4 Å². The van der Waals surface area contributed by atoms with E-state index in [2.05, 4.69) is 21.9 Å². The van der Waals surface area contributed by atoms with Gasteiger partial charge in [-0.1, -0.05) is 50.7 Å². The van der Waals surface area contributed by atoms with E-state index in [-0.39, 0.29) is 11.1 Å². The highest BCUT2D eigenvalue weighted by atomic mass is 32.2. The van der Waals surface area contributed by atoms with E-state index < -0.39 is 0 Å². The summed E-state index contributed by atoms with van der Waals surface area (Å²) in [7, 11) is 2.05. The van der Waals surface area contributed by atoms with Crippen molar-refractivity contribution in [1.29, 1.82) is 5.26 Å². The Morgan fingerprint density at radius 3 is 2.68 bits per heavy atom. The minimum atomic E-state index is -0.233. The molecule has 0 amide bonds. The maximum Gasteiger partial charge on any atom is 0.269 e. The van der Waals surface area contributed by atoms with Crippen LogP contribution >= 0.6 is 11.8 Å². The van der Waals surface area contributed by atoms with Crippen molar-refractivity contribution >= 4 is 17.4 Å². The molecule has 28 heavy (non-hydrogen) atoms. The number of benzene rings is 1. The van der Waals surface area contributed by atoms with Crippen molar-refractivity contribution in [3.05, 3.63) is 93.9 Å². The lowest BCUT2D eigenvalue weighted by Gasteiger charge is -2.26. The molecule has 0 saturated carbocycles. The van der Waals surface area contributed by atoms with Gasteiger partial charge in [0.2, 0.25) is 0 Å². The molecule has 0 N–H and O–H groups in total. The van der Waals surface area contributed by atoms with Gasteiger partial charge in [0.25, 0.3) is 5.70 Å². The predicted octanol–water partition coefficient (Wildman–Crippen LogP) is 6.17. The summed E-state index contributed by atoms with van der Waals surface area (Å²) in [4.78, 5) is 6.72. The molecule has 0 saturated heterocycles. The zero-order valence-corrected chi connectivity index (χ0v) is 17.2. The van der Waals surface area contributed by atoms with Crippen LogP contribution in [0.2, 0.25) is 0 Å². The third-order valence-corrected chi connectivity index (χ3v) is 5.50. The normalized spacial score (nSPS) is 19.5. The van der Waals surface area contributed by atoms with Crippen molar-refractivity contribution in [1.82, 2.24) is 0 Å². The number of rotatable bonds is 2. The molecule has 0 spiro atoms. The molecule has 0 aliphatic carbocycles. The summed E-state index contributed by atoms with van der Waals surface area (Å²) in [6.45, 7) is 13.3. The smallest absolute Gasteiger partial charge is 0.269 e. The van der Waals surface area contributed by atoms with Crippen molar-refractivity contribution in [3.8, 4) is 6.07 Å². The molecular formula is C23H21N3OS. The number of nitrogens with zero attached hydrogens (tertiary/aromatic N) is 3. The summed E-state index contributed by atoms with van der Waals surface area (Å²) in [6, 6.07) is 10.3. The predicted molar refractivity (Wildman–Crippen MR) is 114 cm³/mol. The fourth-order valence-corrected chi connectivity index (χ4v) is 3.82. The molecule has 1 aromatic rings. The number of allylic oxidation sites excluding steroid dienone is 8. The molecule has 0 bridgehead atoms. The molecule has 140 valence electrons. The van der Waals surface area contributed by atoms with Gasteiger partial charge < -0.3 is 9.64 Å². The Balaban J connectivity index is 1.87. The molecule has 5 heteroatoms. The quantitative estimate of drug-likeness (QED) is 0.450. The molecule has 0 aromatic heterocycles. The van der Waals surface area contributed by atoms with Crippen LogP contribution in [0.1, 0.15) is 20.8 Å². The molecule has 2 aliphatic rings. The highest BCUT2D eigenvalue weighted by Crippen LogP contribution is 2.44. The number of nitriles is 1. The second-order valence-electron chi connectivity index (χ2n) is 7.43. The number of anilines is 1. The summed E-state index contributed by atoms with van der Waals surface area (Å²) in [5.74, 6) is 1.34. The SMILES string of the molecule is [C-]#[N+]/C(C#N)=C1C=C(/C=C/C=C2\Sc3ccccc3N2C)OC(C(C)(C)C)=C/1. The highest BCUT2D eigenvalue weighted by molar-refractivity contribution is 8.03. The zero-order chi connectivity index (χ0) is 20.3. The summed E-state index contributed by atoms with van der Waals surface area (Å²) in [5.41, 5.74) is 1.61. The van der Waals surface area contributed by atoms with Crippen LogP contribution in [-0.2, 0) is 4.74 Å². The third-order valence-electron chi connectivity index (χ3n) is 4.31. The summed E-state index contributed by atoms with van der Waals surface area (Å²) in [6.07, 6.45) is 9.35. The van der Waals surface area contributed by atoms with Crippen molar-refractivity contribution in [2.24, 2.45) is 5.41 Å². The van der Waals surface area contributed by atoms with E-state index >= 15 is 0 Å². The van der Waals surface area contributed by atoms with Crippen LogP contribution in [0.3, 0.4) is 0 Å². The Labute approximate surface area is 170 Å². The van der Waals surface area contributed by atoms with Gasteiger partial charge in [0, 0.05) is 17.4 Å². The first-order valence-corrected chi connectivity index (χ1v) is 9.67. The van der Waals surface area contributed by atoms with Gasteiger partial charge in [-0.25, -0.2) is 10.1 Å². The number of hydrogen-bond acceptors (Lipinski definition) is 4. The monoisotopic (exact) mass is 387 g/mol. The first-order valence-electron chi connectivity index (χ1n) is 8.86. The Morgan fingerprint density at radius 2 is 2.04 bits per heavy atom. The first kappa shape index (κ1) is 19.6. The maximum atomic E-state index is 9.23. The standard InChI is InChI=1S/C23H21N3OS/c1-23(2,3)21-14-16(18(15-24)25-4)13-17(27-21)9-8-12-22-26(5)19-10-6-7-11-20(19)28-22/h6-14H,1-3,5H3/b9-8+,18-16-,22-12-. The van der Waals surface area contributed by atoms with E-state index in [9.17, 15) is 5.26 Å². The van der Waals surface area contributed by atoms with Crippen LogP contribution in [-0.4, -0.2) is 7.05 Å². The zero-order valence-electron chi connectivity index (χ0n) is 16.4. The van der Waals surface area contributed by atoms with Gasteiger partial charge in [-0.2, -0.15) is 0 Å². The average molecular weight is 388 g/mol. The summed E-state index contributed by atoms with van der Waals surface area (Å²) in [5, 5.41) is 10.4. The third kappa shape index (κ3) is 4.06. The Morgan fingerprint density at radius 1 is 1.29 bits per heavy atom. The lowest BCUT2D eigenvalue weighted by molar-refractivity contribution is 0.223. The van der Waals surface area contributed by atoms with Crippen LogP contribution in [0.5, 0.6) is 0 Å². The Hall–Kier alpha value is -3.15. The highest BCUT2D eigenvalue weighted by Gasteiger charge is 2.24. The number of para-hydroxylation sites is 1. The molecule has 0 radical (unpaired) electrons. The molecule has 2 heterocycles. The van der Waals surface area contributed by atoms with E-state index in [1.165, 1.54) is 10.6 Å². The molecule has 0 unspecified atom stereocenters. The van der Waals surface area contributed by atoms with Gasteiger partial charge in [0.15, 0.2) is 0 Å². The Kier molecular flexibility index (Phi) is 5.49. The minimum Gasteiger partial charge on any atom is -0.461 e. The number of thioether (sulfide) groups is 1. The van der Waals surface area contributed by atoms with Gasteiger partial charge in [0.1, 0.15) is 11.5 Å². The fraction of sp³-hybridized carbons (Fsp3) is 0.217. The Bertz CT molecular complexity index is 1020. The molecule has 0 fully saturated rings. The van der Waals surface area contributed by atoms with Crippen molar-refractivity contribution in [2.75, 3.05) is 11.9 Å². The fourth-order valence-electron chi connectivity index (χ4n) is 2.76. The lowest BCUT2D eigenvalue weighted by atomic mass is 9.91. The van der Waals surface area contributed by atoms with Gasteiger partial charge in [-0.05, 0) is 42.0 Å². The van der Waals surface area contributed by atoms with Gasteiger partial charge >= 0.3 is 0 Å². The molecule has 3 rings (SSSR count). The molecular weight excluding hydrogens is 366 g/mol. The molecule has 1 aromatic carbocycles. The van der Waals surface area contributed by atoms with Crippen LogP contribution < -0.4 is 4.90 Å². The van der Waals surface area contributed by atoms with E-state index in [1.807, 2.05) is 64.2 Å². The van der Waals surface area contributed by atoms with E-state index in [4.69, 9.17) is 11.3 Å².